The highest BCUT2D eigenvalue weighted by Crippen LogP contribution is 2.33. The summed E-state index contributed by atoms with van der Waals surface area (Å²) in [4.78, 5) is 40.8. The van der Waals surface area contributed by atoms with Crippen molar-refractivity contribution in [1.82, 2.24) is 9.80 Å². The van der Waals surface area contributed by atoms with Gasteiger partial charge in [0.25, 0.3) is 11.8 Å². The van der Waals surface area contributed by atoms with Crippen molar-refractivity contribution >= 4 is 52.2 Å². The van der Waals surface area contributed by atoms with Crippen LogP contribution in [-0.4, -0.2) is 56.6 Å². The molecule has 9 heteroatoms. The van der Waals surface area contributed by atoms with Crippen LogP contribution in [0.1, 0.15) is 61.0 Å². The second-order valence-electron chi connectivity index (χ2n) is 8.69. The third-order valence-corrected chi connectivity index (χ3v) is 7.16. The van der Waals surface area contributed by atoms with Crippen molar-refractivity contribution in [2.75, 3.05) is 19.6 Å². The SMILES string of the molecule is CCCCN(CCCC)C(=O)c1cc(C=C2SC(=S)N(CC(=O)O)C2=O)ccc1OCc1ccccc1. The van der Waals surface area contributed by atoms with Crippen LogP contribution < -0.4 is 4.74 Å². The Hall–Kier alpha value is -3.17. The lowest BCUT2D eigenvalue weighted by Gasteiger charge is -2.24. The van der Waals surface area contributed by atoms with Gasteiger partial charge in [0.05, 0.1) is 10.5 Å². The van der Waals surface area contributed by atoms with E-state index in [2.05, 4.69) is 13.8 Å². The molecule has 0 bridgehead atoms. The molecule has 1 aliphatic heterocycles. The number of amides is 2. The fraction of sp³-hybridized carbons (Fsp3) is 0.357. The number of rotatable bonds is 13. The van der Waals surface area contributed by atoms with Crippen LogP contribution in [0.4, 0.5) is 0 Å². The fourth-order valence-corrected chi connectivity index (χ4v) is 5.03. The molecule has 0 unspecified atom stereocenters. The van der Waals surface area contributed by atoms with Gasteiger partial charge in [-0.25, -0.2) is 0 Å². The van der Waals surface area contributed by atoms with E-state index in [0.717, 1.165) is 47.9 Å². The van der Waals surface area contributed by atoms with Crippen molar-refractivity contribution in [2.24, 2.45) is 0 Å². The van der Waals surface area contributed by atoms with Crippen LogP contribution in [0, 0.1) is 0 Å². The number of carboxylic acids is 1. The molecule has 37 heavy (non-hydrogen) atoms. The monoisotopic (exact) mass is 540 g/mol. The van der Waals surface area contributed by atoms with Crippen molar-refractivity contribution in [2.45, 2.75) is 46.1 Å². The summed E-state index contributed by atoms with van der Waals surface area (Å²) in [5.74, 6) is -1.23. The highest BCUT2D eigenvalue weighted by molar-refractivity contribution is 8.26. The van der Waals surface area contributed by atoms with E-state index in [1.54, 1.807) is 24.3 Å². The number of carboxylic acid groups (broad SMARTS) is 1. The molecule has 1 fully saturated rings. The Morgan fingerprint density at radius 2 is 1.76 bits per heavy atom. The first-order chi connectivity index (χ1) is 17.8. The van der Waals surface area contributed by atoms with Gasteiger partial charge in [-0.3, -0.25) is 19.3 Å². The van der Waals surface area contributed by atoms with Gasteiger partial charge in [0.15, 0.2) is 0 Å². The van der Waals surface area contributed by atoms with E-state index in [1.807, 2.05) is 35.2 Å². The topological polar surface area (TPSA) is 87.2 Å². The number of ether oxygens (including phenoxy) is 1. The summed E-state index contributed by atoms with van der Waals surface area (Å²) < 4.78 is 6.29. The predicted molar refractivity (Wildman–Crippen MR) is 150 cm³/mol. The second-order valence-corrected chi connectivity index (χ2v) is 10.4. The molecule has 1 N–H and O–H groups in total. The van der Waals surface area contributed by atoms with Gasteiger partial charge in [-0.15, -0.1) is 0 Å². The zero-order valence-corrected chi connectivity index (χ0v) is 22.8. The average molecular weight is 541 g/mol. The number of carbonyl (C=O) groups excluding carboxylic acids is 2. The number of thioether (sulfide) groups is 1. The molecule has 1 aliphatic rings. The number of nitrogens with zero attached hydrogens (tertiary/aromatic N) is 2. The molecule has 0 saturated carbocycles. The standard InChI is InChI=1S/C28H32N2O5S2/c1-3-5-14-29(15-6-4-2)26(33)22-16-21(12-13-23(22)35-19-20-10-8-7-9-11-20)17-24-27(34)30(18-25(31)32)28(36)37-24/h7-13,16-17H,3-6,14-15,18-19H2,1-2H3,(H,31,32). The molecule has 0 aromatic heterocycles. The van der Waals surface area contributed by atoms with E-state index in [-0.39, 0.29) is 10.2 Å². The summed E-state index contributed by atoms with van der Waals surface area (Å²) in [6.07, 6.45) is 5.40. The largest absolute Gasteiger partial charge is 0.488 e. The summed E-state index contributed by atoms with van der Waals surface area (Å²) >= 11 is 6.25. The molecule has 1 saturated heterocycles. The van der Waals surface area contributed by atoms with Crippen LogP contribution in [0.3, 0.4) is 0 Å². The number of hydrogen-bond acceptors (Lipinski definition) is 6. The lowest BCUT2D eigenvalue weighted by molar-refractivity contribution is -0.140. The first-order valence-electron chi connectivity index (χ1n) is 12.4. The molecule has 7 nitrogen and oxygen atoms in total. The first kappa shape index (κ1) is 28.4. The van der Waals surface area contributed by atoms with Crippen LogP contribution in [-0.2, 0) is 16.2 Å². The molecule has 2 aromatic rings. The molecule has 0 atom stereocenters. The molecule has 0 aliphatic carbocycles. The maximum absolute atomic E-state index is 13.7. The van der Waals surface area contributed by atoms with Crippen LogP contribution in [0.2, 0.25) is 0 Å². The van der Waals surface area contributed by atoms with E-state index in [9.17, 15) is 14.4 Å². The minimum absolute atomic E-state index is 0.112. The van der Waals surface area contributed by atoms with E-state index in [4.69, 9.17) is 22.1 Å². The van der Waals surface area contributed by atoms with Gasteiger partial charge in [-0.2, -0.15) is 0 Å². The number of unbranched alkanes of at least 4 members (excludes halogenated alkanes) is 2. The highest BCUT2D eigenvalue weighted by atomic mass is 32.2. The summed E-state index contributed by atoms with van der Waals surface area (Å²) in [5, 5.41) is 9.08. The number of aliphatic carboxylic acids is 1. The number of benzene rings is 2. The molecule has 0 spiro atoms. The van der Waals surface area contributed by atoms with Gasteiger partial charge < -0.3 is 14.7 Å². The van der Waals surface area contributed by atoms with Crippen molar-refractivity contribution in [1.29, 1.82) is 0 Å². The van der Waals surface area contributed by atoms with Gasteiger partial charge >= 0.3 is 5.97 Å². The van der Waals surface area contributed by atoms with E-state index >= 15 is 0 Å². The Morgan fingerprint density at radius 1 is 1.08 bits per heavy atom. The lowest BCUT2D eigenvalue weighted by atomic mass is 10.1. The molecule has 3 rings (SSSR count). The van der Waals surface area contributed by atoms with Crippen molar-refractivity contribution in [3.05, 3.63) is 70.1 Å². The second kappa shape index (κ2) is 13.9. The Bertz CT molecular complexity index is 1160. The Balaban J connectivity index is 1.94. The van der Waals surface area contributed by atoms with Gasteiger partial charge in [-0.05, 0) is 42.2 Å². The average Bonchev–Trinajstić information content (AvgIpc) is 3.15. The Morgan fingerprint density at radius 3 is 2.38 bits per heavy atom. The van der Waals surface area contributed by atoms with Gasteiger partial charge in [0, 0.05) is 13.1 Å². The zero-order chi connectivity index (χ0) is 26.8. The third kappa shape index (κ3) is 7.90. The molecule has 2 aromatic carbocycles. The predicted octanol–water partition coefficient (Wildman–Crippen LogP) is 5.59. The molecule has 1 heterocycles. The van der Waals surface area contributed by atoms with E-state index < -0.39 is 18.4 Å². The third-order valence-electron chi connectivity index (χ3n) is 5.79. The smallest absolute Gasteiger partial charge is 0.323 e. The van der Waals surface area contributed by atoms with Crippen molar-refractivity contribution in [3.63, 3.8) is 0 Å². The summed E-state index contributed by atoms with van der Waals surface area (Å²) in [6, 6.07) is 15.0. The Labute approximate surface area is 227 Å². The lowest BCUT2D eigenvalue weighted by Crippen LogP contribution is -2.33. The molecular formula is C28H32N2O5S2. The van der Waals surface area contributed by atoms with E-state index in [0.29, 0.717) is 41.5 Å². The van der Waals surface area contributed by atoms with Gasteiger partial charge in [0.2, 0.25) is 0 Å². The molecule has 196 valence electrons. The summed E-state index contributed by atoms with van der Waals surface area (Å²) in [6.45, 7) is 5.34. The number of thiocarbonyl (C=S) groups is 1. The minimum atomic E-state index is -1.13. The number of carbonyl (C=O) groups is 3. The highest BCUT2D eigenvalue weighted by Gasteiger charge is 2.33. The van der Waals surface area contributed by atoms with Crippen LogP contribution in [0.15, 0.2) is 53.4 Å². The summed E-state index contributed by atoms with van der Waals surface area (Å²) in [5.41, 5.74) is 2.05. The molecule has 0 radical (unpaired) electrons. The maximum Gasteiger partial charge on any atom is 0.323 e. The minimum Gasteiger partial charge on any atom is -0.488 e. The zero-order valence-electron chi connectivity index (χ0n) is 21.1. The van der Waals surface area contributed by atoms with Crippen molar-refractivity contribution in [3.8, 4) is 5.75 Å². The first-order valence-corrected chi connectivity index (χ1v) is 13.6. The summed E-state index contributed by atoms with van der Waals surface area (Å²) in [7, 11) is 0. The molecule has 2 amide bonds. The number of hydrogen-bond donors (Lipinski definition) is 1. The van der Waals surface area contributed by atoms with Crippen LogP contribution in [0.25, 0.3) is 6.08 Å². The van der Waals surface area contributed by atoms with E-state index in [1.165, 1.54) is 0 Å². The van der Waals surface area contributed by atoms with Gasteiger partial charge in [0.1, 0.15) is 23.2 Å². The van der Waals surface area contributed by atoms with Crippen LogP contribution >= 0.6 is 24.0 Å². The molecular weight excluding hydrogens is 508 g/mol. The van der Waals surface area contributed by atoms with Crippen LogP contribution in [0.5, 0.6) is 5.75 Å². The van der Waals surface area contributed by atoms with Crippen molar-refractivity contribution < 1.29 is 24.2 Å². The normalized spacial score (nSPS) is 14.3. The fourth-order valence-electron chi connectivity index (χ4n) is 3.77. The van der Waals surface area contributed by atoms with Gasteiger partial charge in [-0.1, -0.05) is 87.1 Å². The maximum atomic E-state index is 13.7. The quantitative estimate of drug-likeness (QED) is 0.262. The Kier molecular flexibility index (Phi) is 10.7.